The number of nitrogens with zero attached hydrogens (tertiary/aromatic N) is 1. The van der Waals surface area contributed by atoms with E-state index in [0.29, 0.717) is 25.9 Å². The number of carbonyl (C=O) groups is 2. The summed E-state index contributed by atoms with van der Waals surface area (Å²) in [7, 11) is 0. The lowest BCUT2D eigenvalue weighted by Crippen LogP contribution is -2.59. The molecule has 1 amide bonds. The molecule has 122 valence electrons. The number of morpholine rings is 1. The highest BCUT2D eigenvalue weighted by Crippen LogP contribution is 2.34. The third-order valence-corrected chi connectivity index (χ3v) is 4.35. The Morgan fingerprint density at radius 3 is 1.86 bits per heavy atom. The molecule has 0 atom stereocenters. The zero-order valence-corrected chi connectivity index (χ0v) is 14.2. The van der Waals surface area contributed by atoms with Crippen LogP contribution in [0.4, 0.5) is 0 Å². The first kappa shape index (κ1) is 18.0. The number of carboxylic acid groups (broad SMARTS) is 1. The van der Waals surface area contributed by atoms with Crippen LogP contribution in [0, 0.1) is 5.41 Å². The number of rotatable bonds is 5. The highest BCUT2D eigenvalue weighted by atomic mass is 16.5. The summed E-state index contributed by atoms with van der Waals surface area (Å²) in [4.78, 5) is 25.9. The first-order valence-corrected chi connectivity index (χ1v) is 7.68. The molecule has 0 saturated carbocycles. The Hall–Kier alpha value is -1.10. The van der Waals surface area contributed by atoms with Gasteiger partial charge in [-0.2, -0.15) is 0 Å². The van der Waals surface area contributed by atoms with E-state index in [9.17, 15) is 14.7 Å². The monoisotopic (exact) mass is 299 g/mol. The predicted octanol–water partition coefficient (Wildman–Crippen LogP) is 2.68. The van der Waals surface area contributed by atoms with Gasteiger partial charge in [-0.15, -0.1) is 0 Å². The Labute approximate surface area is 127 Å². The van der Waals surface area contributed by atoms with Gasteiger partial charge in [-0.3, -0.25) is 9.59 Å². The predicted molar refractivity (Wildman–Crippen MR) is 81.1 cm³/mol. The SMILES string of the molecule is CCC(CC)(CC(=O)N1CC(C)(C)OC(C)(C)C1)C(=O)O. The van der Waals surface area contributed by atoms with E-state index in [1.807, 2.05) is 41.5 Å². The Morgan fingerprint density at radius 2 is 1.52 bits per heavy atom. The molecule has 5 heteroatoms. The minimum absolute atomic E-state index is 0.0570. The Kier molecular flexibility index (Phi) is 5.09. The summed E-state index contributed by atoms with van der Waals surface area (Å²) < 4.78 is 5.96. The summed E-state index contributed by atoms with van der Waals surface area (Å²) in [6.07, 6.45) is 0.977. The molecule has 0 aromatic carbocycles. The van der Waals surface area contributed by atoms with Gasteiger partial charge in [0.1, 0.15) is 0 Å². The number of carboxylic acids is 1. The zero-order valence-electron chi connectivity index (χ0n) is 14.2. The van der Waals surface area contributed by atoms with Crippen molar-refractivity contribution in [2.24, 2.45) is 5.41 Å². The fourth-order valence-corrected chi connectivity index (χ4v) is 3.24. The van der Waals surface area contributed by atoms with Crippen molar-refractivity contribution >= 4 is 11.9 Å². The summed E-state index contributed by atoms with van der Waals surface area (Å²) in [6, 6.07) is 0. The van der Waals surface area contributed by atoms with Crippen LogP contribution >= 0.6 is 0 Å². The van der Waals surface area contributed by atoms with Crippen molar-refractivity contribution in [2.75, 3.05) is 13.1 Å². The van der Waals surface area contributed by atoms with Crippen molar-refractivity contribution in [1.29, 1.82) is 0 Å². The van der Waals surface area contributed by atoms with Crippen LogP contribution in [0.1, 0.15) is 60.8 Å². The molecule has 1 fully saturated rings. The molecular weight excluding hydrogens is 270 g/mol. The van der Waals surface area contributed by atoms with Crippen molar-refractivity contribution in [3.8, 4) is 0 Å². The van der Waals surface area contributed by atoms with Crippen LogP contribution in [0.15, 0.2) is 0 Å². The highest BCUT2D eigenvalue weighted by Gasteiger charge is 2.43. The fourth-order valence-electron chi connectivity index (χ4n) is 3.24. The number of carbonyl (C=O) groups excluding carboxylic acids is 1. The molecule has 0 aromatic rings. The van der Waals surface area contributed by atoms with E-state index in [1.54, 1.807) is 4.90 Å². The van der Waals surface area contributed by atoms with Gasteiger partial charge in [0.25, 0.3) is 0 Å². The third kappa shape index (κ3) is 4.19. The molecule has 0 aromatic heterocycles. The Balaban J connectivity index is 2.90. The topological polar surface area (TPSA) is 66.8 Å². The Bertz CT molecular complexity index is 395. The summed E-state index contributed by atoms with van der Waals surface area (Å²) in [5.41, 5.74) is -1.78. The molecular formula is C16H29NO4. The second kappa shape index (κ2) is 5.95. The van der Waals surface area contributed by atoms with Crippen LogP contribution in [-0.4, -0.2) is 46.2 Å². The largest absolute Gasteiger partial charge is 0.481 e. The van der Waals surface area contributed by atoms with E-state index in [-0.39, 0.29) is 12.3 Å². The normalized spacial score (nSPS) is 21.1. The van der Waals surface area contributed by atoms with Crippen LogP contribution in [0.5, 0.6) is 0 Å². The van der Waals surface area contributed by atoms with E-state index in [0.717, 1.165) is 0 Å². The lowest BCUT2D eigenvalue weighted by molar-refractivity contribution is -0.189. The number of hydrogen-bond acceptors (Lipinski definition) is 3. The van der Waals surface area contributed by atoms with Crippen LogP contribution < -0.4 is 0 Å². The molecule has 0 radical (unpaired) electrons. The van der Waals surface area contributed by atoms with Crippen LogP contribution in [0.3, 0.4) is 0 Å². The second-order valence-electron chi connectivity index (χ2n) is 7.34. The lowest BCUT2D eigenvalue weighted by Gasteiger charge is -2.47. The molecule has 5 nitrogen and oxygen atoms in total. The van der Waals surface area contributed by atoms with E-state index >= 15 is 0 Å². The molecule has 1 aliphatic rings. The number of aliphatic carboxylic acids is 1. The maximum absolute atomic E-state index is 12.6. The lowest BCUT2D eigenvalue weighted by atomic mass is 9.78. The van der Waals surface area contributed by atoms with Gasteiger partial charge < -0.3 is 14.7 Å². The first-order chi connectivity index (χ1) is 9.47. The summed E-state index contributed by atoms with van der Waals surface area (Å²) in [5, 5.41) is 9.48. The maximum Gasteiger partial charge on any atom is 0.310 e. The third-order valence-electron chi connectivity index (χ3n) is 4.35. The van der Waals surface area contributed by atoms with Crippen LogP contribution in [0.2, 0.25) is 0 Å². The van der Waals surface area contributed by atoms with Gasteiger partial charge in [0.2, 0.25) is 5.91 Å². The van der Waals surface area contributed by atoms with Gasteiger partial charge in [0, 0.05) is 19.5 Å². The Morgan fingerprint density at radius 1 is 1.10 bits per heavy atom. The van der Waals surface area contributed by atoms with Crippen molar-refractivity contribution in [2.45, 2.75) is 72.0 Å². The molecule has 1 N–H and O–H groups in total. The minimum Gasteiger partial charge on any atom is -0.481 e. The van der Waals surface area contributed by atoms with Crippen LogP contribution in [0.25, 0.3) is 0 Å². The average molecular weight is 299 g/mol. The average Bonchev–Trinajstić information content (AvgIpc) is 2.31. The molecule has 0 bridgehead atoms. The van der Waals surface area contributed by atoms with Crippen molar-refractivity contribution in [3.05, 3.63) is 0 Å². The summed E-state index contributed by atoms with van der Waals surface area (Å²) >= 11 is 0. The van der Waals surface area contributed by atoms with E-state index in [1.165, 1.54) is 0 Å². The quantitative estimate of drug-likeness (QED) is 0.847. The smallest absolute Gasteiger partial charge is 0.310 e. The molecule has 1 saturated heterocycles. The molecule has 1 heterocycles. The maximum atomic E-state index is 12.6. The summed E-state index contributed by atoms with van der Waals surface area (Å²) in [6.45, 7) is 12.5. The van der Waals surface area contributed by atoms with Crippen LogP contribution in [-0.2, 0) is 14.3 Å². The van der Waals surface area contributed by atoms with Gasteiger partial charge >= 0.3 is 5.97 Å². The number of amides is 1. The van der Waals surface area contributed by atoms with E-state index in [2.05, 4.69) is 0 Å². The van der Waals surface area contributed by atoms with Gasteiger partial charge in [-0.1, -0.05) is 13.8 Å². The molecule has 0 spiro atoms. The van der Waals surface area contributed by atoms with Gasteiger partial charge in [-0.05, 0) is 40.5 Å². The van der Waals surface area contributed by atoms with Crippen molar-refractivity contribution < 1.29 is 19.4 Å². The highest BCUT2D eigenvalue weighted by molar-refractivity contribution is 5.85. The van der Waals surface area contributed by atoms with Crippen molar-refractivity contribution in [3.63, 3.8) is 0 Å². The van der Waals surface area contributed by atoms with E-state index < -0.39 is 22.6 Å². The second-order valence-corrected chi connectivity index (χ2v) is 7.34. The number of ether oxygens (including phenoxy) is 1. The zero-order chi connectivity index (χ0) is 16.5. The molecule has 1 aliphatic heterocycles. The number of hydrogen-bond donors (Lipinski definition) is 1. The molecule has 1 rings (SSSR count). The molecule has 0 aliphatic carbocycles. The van der Waals surface area contributed by atoms with Gasteiger partial charge in [0.05, 0.1) is 16.6 Å². The molecule has 21 heavy (non-hydrogen) atoms. The minimum atomic E-state index is -0.955. The van der Waals surface area contributed by atoms with Gasteiger partial charge in [-0.25, -0.2) is 0 Å². The fraction of sp³-hybridized carbons (Fsp3) is 0.875. The van der Waals surface area contributed by atoms with Crippen molar-refractivity contribution in [1.82, 2.24) is 4.90 Å². The van der Waals surface area contributed by atoms with E-state index in [4.69, 9.17) is 4.74 Å². The first-order valence-electron chi connectivity index (χ1n) is 7.68. The van der Waals surface area contributed by atoms with Gasteiger partial charge in [0.15, 0.2) is 0 Å². The molecule has 0 unspecified atom stereocenters. The summed E-state index contributed by atoms with van der Waals surface area (Å²) in [5.74, 6) is -0.974. The standard InChI is InChI=1S/C16H29NO4/c1-7-16(8-2,13(19)20)9-12(18)17-10-14(3,4)21-15(5,6)11-17/h7-11H2,1-6H3,(H,19,20).